The molecule has 1 amide bonds. The van der Waals surface area contributed by atoms with Gasteiger partial charge in [-0.1, -0.05) is 68.4 Å². The summed E-state index contributed by atoms with van der Waals surface area (Å²) < 4.78 is 29.8. The van der Waals surface area contributed by atoms with Gasteiger partial charge in [0, 0.05) is 44.8 Å². The highest BCUT2D eigenvalue weighted by molar-refractivity contribution is 5.87. The van der Waals surface area contributed by atoms with Crippen LogP contribution in [0.5, 0.6) is 0 Å². The first-order chi connectivity index (χ1) is 21.7. The predicted octanol–water partition coefficient (Wildman–Crippen LogP) is 4.44. The van der Waals surface area contributed by atoms with Crippen molar-refractivity contribution >= 4 is 11.6 Å². The summed E-state index contributed by atoms with van der Waals surface area (Å²) in [6.45, 7) is 12.7. The molecule has 11 nitrogen and oxygen atoms in total. The van der Waals surface area contributed by atoms with Gasteiger partial charge >= 0.3 is 0 Å². The summed E-state index contributed by atoms with van der Waals surface area (Å²) in [5.74, 6) is 0.0302. The van der Waals surface area contributed by atoms with Crippen LogP contribution < -0.4 is 10.2 Å². The number of nitrogens with one attached hydrogen (secondary N) is 1. The molecule has 1 aliphatic heterocycles. The van der Waals surface area contributed by atoms with Crippen LogP contribution in [0.25, 0.3) is 22.5 Å². The van der Waals surface area contributed by atoms with E-state index >= 15 is 0 Å². The van der Waals surface area contributed by atoms with Gasteiger partial charge in [0.05, 0.1) is 78.3 Å². The molecule has 0 unspecified atom stereocenters. The molecule has 0 saturated carbocycles. The number of carbonyl (C=O) groups excluding carboxylic acids is 1. The van der Waals surface area contributed by atoms with Crippen molar-refractivity contribution in [3.63, 3.8) is 0 Å². The Morgan fingerprint density at radius 3 is 1.98 bits per heavy atom. The highest BCUT2D eigenvalue weighted by Gasteiger charge is 2.24. The van der Waals surface area contributed by atoms with Crippen LogP contribution in [0, 0.1) is 0 Å². The molecule has 11 heteroatoms. The van der Waals surface area contributed by atoms with Gasteiger partial charge in [0.1, 0.15) is 5.69 Å². The molecule has 244 valence electrons. The van der Waals surface area contributed by atoms with Crippen molar-refractivity contribution in [2.24, 2.45) is 0 Å². The molecule has 0 aliphatic carbocycles. The average molecular weight is 614 g/mol. The number of para-hydroxylation sites is 1. The second-order valence-electron chi connectivity index (χ2n) is 9.81. The Balaban J connectivity index is 0.00000230. The number of hydrogen-bond acceptors (Lipinski definition) is 9. The monoisotopic (exact) mass is 613 g/mol. The number of hydrogen-bond donors (Lipinski definition) is 1. The van der Waals surface area contributed by atoms with E-state index in [4.69, 9.17) is 23.7 Å². The van der Waals surface area contributed by atoms with E-state index in [0.717, 1.165) is 34.7 Å². The lowest BCUT2D eigenvalue weighted by Gasteiger charge is -2.26. The van der Waals surface area contributed by atoms with Crippen LogP contribution in [0.4, 0.5) is 5.69 Å². The molecule has 0 fully saturated rings. The molecule has 0 atom stereocenters. The van der Waals surface area contributed by atoms with Gasteiger partial charge in [-0.2, -0.15) is 0 Å². The molecular weight excluding hydrogens is 562 g/mol. The van der Waals surface area contributed by atoms with Crippen LogP contribution in [0.15, 0.2) is 48.5 Å². The largest absolute Gasteiger partial charge is 0.377 e. The maximum atomic E-state index is 11.1. The normalized spacial score (nSPS) is 11.9. The zero-order valence-electron chi connectivity index (χ0n) is 26.8. The number of aromatic nitrogens is 3. The summed E-state index contributed by atoms with van der Waals surface area (Å²) in [5.41, 5.74) is 6.52. The molecule has 3 aromatic rings. The number of ether oxygens (including phenoxy) is 5. The van der Waals surface area contributed by atoms with Gasteiger partial charge in [-0.05, 0) is 11.6 Å². The Labute approximate surface area is 263 Å². The molecule has 0 saturated heterocycles. The van der Waals surface area contributed by atoms with Gasteiger partial charge in [0.15, 0.2) is 0 Å². The van der Waals surface area contributed by atoms with Crippen molar-refractivity contribution in [3.05, 3.63) is 54.1 Å². The van der Waals surface area contributed by atoms with Gasteiger partial charge < -0.3 is 33.9 Å². The van der Waals surface area contributed by atoms with E-state index in [9.17, 15) is 4.79 Å². The number of nitrogens with zero attached hydrogens (tertiary/aromatic N) is 4. The molecule has 44 heavy (non-hydrogen) atoms. The third-order valence-corrected chi connectivity index (χ3v) is 6.81. The lowest BCUT2D eigenvalue weighted by molar-refractivity contribution is -0.121. The zero-order valence-corrected chi connectivity index (χ0v) is 26.8. The highest BCUT2D eigenvalue weighted by atomic mass is 16.6. The van der Waals surface area contributed by atoms with E-state index in [1.54, 1.807) is 0 Å². The van der Waals surface area contributed by atoms with Gasteiger partial charge in [-0.3, -0.25) is 4.79 Å². The van der Waals surface area contributed by atoms with Crippen molar-refractivity contribution in [3.8, 4) is 22.5 Å². The Kier molecular flexibility index (Phi) is 16.4. The maximum Gasteiger partial charge on any atom is 0.219 e. The topological polar surface area (TPSA) is 109 Å². The van der Waals surface area contributed by atoms with Gasteiger partial charge in [-0.25, -0.2) is 4.68 Å². The Morgan fingerprint density at radius 1 is 0.795 bits per heavy atom. The average Bonchev–Trinajstić information content (AvgIpc) is 3.47. The minimum atomic E-state index is 0. The number of fused-ring (bicyclic) bond motifs is 5. The van der Waals surface area contributed by atoms with Crippen molar-refractivity contribution in [2.75, 3.05) is 84.6 Å². The number of benzene rings is 2. The molecule has 0 spiro atoms. The minimum absolute atomic E-state index is 0. The first-order valence-electron chi connectivity index (χ1n) is 15.7. The third kappa shape index (κ3) is 11.0. The lowest BCUT2D eigenvalue weighted by atomic mass is 9.96. The zero-order chi connectivity index (χ0) is 31.4. The van der Waals surface area contributed by atoms with Crippen molar-refractivity contribution in [2.45, 2.75) is 40.3 Å². The van der Waals surface area contributed by atoms with E-state index in [2.05, 4.69) is 70.0 Å². The van der Waals surface area contributed by atoms with Crippen LogP contribution in [-0.2, 0) is 41.6 Å². The second kappa shape index (κ2) is 20.6. The highest BCUT2D eigenvalue weighted by Crippen LogP contribution is 2.40. The summed E-state index contributed by atoms with van der Waals surface area (Å²) in [6, 6.07) is 16.8. The number of anilines is 1. The first kappa shape index (κ1) is 35.1. The number of amides is 1. The molecule has 0 bridgehead atoms. The molecule has 1 aliphatic rings. The van der Waals surface area contributed by atoms with Crippen molar-refractivity contribution in [1.29, 1.82) is 0 Å². The number of rotatable bonds is 19. The third-order valence-electron chi connectivity index (χ3n) is 6.81. The molecule has 4 rings (SSSR count). The Bertz CT molecular complexity index is 1240. The van der Waals surface area contributed by atoms with E-state index in [1.165, 1.54) is 5.56 Å². The van der Waals surface area contributed by atoms with Crippen LogP contribution in [0.3, 0.4) is 0 Å². The first-order valence-corrected chi connectivity index (χ1v) is 15.7. The van der Waals surface area contributed by atoms with Gasteiger partial charge in [0.2, 0.25) is 5.91 Å². The van der Waals surface area contributed by atoms with Crippen LogP contribution in [0.2, 0.25) is 0 Å². The van der Waals surface area contributed by atoms with Gasteiger partial charge in [-0.15, -0.1) is 5.10 Å². The molecule has 1 aromatic heterocycles. The molecule has 2 aromatic carbocycles. The maximum absolute atomic E-state index is 11.1. The Hall–Kier alpha value is -3.35. The van der Waals surface area contributed by atoms with Crippen LogP contribution in [0.1, 0.15) is 34.2 Å². The minimum Gasteiger partial charge on any atom is -0.377 e. The standard InChI is InChI=1S/C31H43N5O6.C2H6.H2/c1-3-29(37)32-12-14-38-16-18-40-20-22-42-23-21-41-19-17-39-15-13-36-31-26-9-5-4-8-25(26)24-35(2)28-11-7-6-10-27(28)30(31)33-34-36;1-2;/h4-11H,3,12-24H2,1-2H3,(H,32,37);1-2H3;1H. The van der Waals surface area contributed by atoms with E-state index in [1.807, 2.05) is 31.5 Å². The molecule has 2 heterocycles. The summed E-state index contributed by atoms with van der Waals surface area (Å²) in [6.07, 6.45) is 0.485. The summed E-state index contributed by atoms with van der Waals surface area (Å²) >= 11 is 0. The lowest BCUT2D eigenvalue weighted by Crippen LogP contribution is -2.26. The molecule has 0 radical (unpaired) electrons. The number of carbonyl (C=O) groups is 1. The quantitative estimate of drug-likeness (QED) is 0.196. The Morgan fingerprint density at radius 2 is 1.34 bits per heavy atom. The van der Waals surface area contributed by atoms with Crippen molar-refractivity contribution in [1.82, 2.24) is 20.3 Å². The fourth-order valence-electron chi connectivity index (χ4n) is 4.67. The van der Waals surface area contributed by atoms with E-state index in [0.29, 0.717) is 85.6 Å². The van der Waals surface area contributed by atoms with Crippen LogP contribution >= 0.6 is 0 Å². The SMILES string of the molecule is CC.CCC(=O)NCCOCCOCCOCCOCCOCCn1nnc2c1-c1ccccc1CN(C)c1ccccc1-2.[HH]. The fraction of sp³-hybridized carbons (Fsp3) is 0.545. The summed E-state index contributed by atoms with van der Waals surface area (Å²) in [7, 11) is 2.11. The van der Waals surface area contributed by atoms with E-state index in [-0.39, 0.29) is 7.33 Å². The second-order valence-corrected chi connectivity index (χ2v) is 9.81. The van der Waals surface area contributed by atoms with Crippen molar-refractivity contribution < 1.29 is 29.9 Å². The van der Waals surface area contributed by atoms with E-state index < -0.39 is 0 Å². The van der Waals surface area contributed by atoms with Gasteiger partial charge in [0.25, 0.3) is 0 Å². The summed E-state index contributed by atoms with van der Waals surface area (Å²) in [5, 5.41) is 11.9. The smallest absolute Gasteiger partial charge is 0.219 e. The summed E-state index contributed by atoms with van der Waals surface area (Å²) in [4.78, 5) is 13.4. The van der Waals surface area contributed by atoms with Crippen LogP contribution in [-0.4, -0.2) is 101 Å². The fourth-order valence-corrected chi connectivity index (χ4v) is 4.67. The molecule has 1 N–H and O–H groups in total. The molecular formula is C33H51N5O6. The predicted molar refractivity (Wildman–Crippen MR) is 174 cm³/mol.